The summed E-state index contributed by atoms with van der Waals surface area (Å²) in [7, 11) is -13.3. The van der Waals surface area contributed by atoms with Crippen molar-refractivity contribution in [2.24, 2.45) is 5.92 Å². The molecule has 0 saturated carbocycles. The molecule has 12 nitrogen and oxygen atoms in total. The first kappa shape index (κ1) is 60.2. The van der Waals surface area contributed by atoms with Crippen LogP contribution < -0.4 is 14.9 Å². The number of rotatable bonds is 22. The summed E-state index contributed by atoms with van der Waals surface area (Å²) in [5.41, 5.74) is -2.09. The van der Waals surface area contributed by atoms with Crippen molar-refractivity contribution < 1.29 is 44.0 Å². The topological polar surface area (TPSA) is 138 Å². The highest BCUT2D eigenvalue weighted by atomic mass is 35.5. The number of nitrogens with one attached hydrogen (secondary N) is 2. The number of carbonyl (C=O) groups excluding carboxylic acids is 1. The van der Waals surface area contributed by atoms with E-state index in [1.165, 1.54) is 23.9 Å². The minimum Gasteiger partial charge on any atom is -0.410 e. The predicted molar refractivity (Wildman–Crippen MR) is 307 cm³/mol. The van der Waals surface area contributed by atoms with Gasteiger partial charge in [0, 0.05) is 71.7 Å². The molecule has 2 aliphatic rings. The summed E-state index contributed by atoms with van der Waals surface area (Å²) in [4.78, 5) is 19.2. The van der Waals surface area contributed by atoms with Gasteiger partial charge in [0.1, 0.15) is 4.90 Å². The van der Waals surface area contributed by atoms with E-state index < -0.39 is 61.1 Å². The van der Waals surface area contributed by atoms with Crippen LogP contribution in [0.25, 0.3) is 11.1 Å². The van der Waals surface area contributed by atoms with Crippen molar-refractivity contribution in [2.75, 3.05) is 75.0 Å². The maximum absolute atomic E-state index is 14.5. The lowest BCUT2D eigenvalue weighted by atomic mass is 9.84. The highest BCUT2D eigenvalue weighted by Crippen LogP contribution is 2.46. The molecule has 2 N–H and O–H groups in total. The fraction of sp³-hybridized carbons (Fsp3) is 0.456. The molecular weight excluding hydrogens is 1080 g/mol. The molecule has 0 bridgehead atoms. The minimum atomic E-state index is -6.11. The van der Waals surface area contributed by atoms with Crippen LogP contribution in [0.3, 0.4) is 0 Å². The molecule has 77 heavy (non-hydrogen) atoms. The first-order chi connectivity index (χ1) is 36.4. The molecule has 20 heteroatoms. The molecular formula is C57H73ClF3N5O7S3Si. The van der Waals surface area contributed by atoms with Gasteiger partial charge in [0.2, 0.25) is 0 Å². The van der Waals surface area contributed by atoms with Gasteiger partial charge >= 0.3 is 5.51 Å². The van der Waals surface area contributed by atoms with Crippen LogP contribution >= 0.6 is 23.4 Å². The number of ether oxygens (including phenoxy) is 1. The van der Waals surface area contributed by atoms with Crippen LogP contribution in [0.5, 0.6) is 0 Å². The third-order valence-corrected chi connectivity index (χ3v) is 24.0. The highest BCUT2D eigenvalue weighted by Gasteiger charge is 2.49. The summed E-state index contributed by atoms with van der Waals surface area (Å²) in [5.74, 6) is -0.499. The van der Waals surface area contributed by atoms with E-state index in [-0.39, 0.29) is 28.7 Å². The number of hydrogen-bond acceptors (Lipinski definition) is 12. The quantitative estimate of drug-likeness (QED) is 0.0504. The van der Waals surface area contributed by atoms with Crippen LogP contribution in [0.1, 0.15) is 75.9 Å². The van der Waals surface area contributed by atoms with Crippen LogP contribution in [0.2, 0.25) is 23.2 Å². The van der Waals surface area contributed by atoms with Crippen molar-refractivity contribution in [1.29, 1.82) is 0 Å². The van der Waals surface area contributed by atoms with Gasteiger partial charge in [-0.05, 0) is 140 Å². The SMILES string of the molecule is CCN(CC)C[C@@H]1COCCN1CC[C@H](CSc1ccccc1)Nc1ccc(S(=O)(=O)NC(=O)c2ccc(N3CCC([C@@H](O[Si](C)(C)C(C)(C)C)c4ccccc4-c4ccc(Cl)cc4)CC3)cc2)cc1S(=O)(=O)C(F)(F)F. The third-order valence-electron chi connectivity index (χ3n) is 15.2. The molecule has 5 aromatic carbocycles. The van der Waals surface area contributed by atoms with E-state index in [0.29, 0.717) is 62.7 Å². The smallest absolute Gasteiger partial charge is 0.410 e. The van der Waals surface area contributed by atoms with E-state index in [9.17, 15) is 34.8 Å². The molecule has 0 aromatic heterocycles. The number of morpholine rings is 1. The lowest BCUT2D eigenvalue weighted by Crippen LogP contribution is -2.52. The summed E-state index contributed by atoms with van der Waals surface area (Å²) in [6.45, 7) is 21.5. The molecule has 1 amide bonds. The van der Waals surface area contributed by atoms with Gasteiger partial charge in [0.05, 0.1) is 29.9 Å². The molecule has 5 aromatic rings. The highest BCUT2D eigenvalue weighted by molar-refractivity contribution is 7.99. The average molecular weight is 1160 g/mol. The number of benzene rings is 5. The Hall–Kier alpha value is -4.44. The van der Waals surface area contributed by atoms with E-state index in [2.05, 4.69) is 85.9 Å². The number of thioether (sulfide) groups is 1. The fourth-order valence-corrected chi connectivity index (χ4v) is 14.0. The second-order valence-electron chi connectivity index (χ2n) is 21.3. The normalized spacial score (nSPS) is 17.3. The maximum Gasteiger partial charge on any atom is 0.501 e. The summed E-state index contributed by atoms with van der Waals surface area (Å²) >= 11 is 7.74. The molecule has 2 aliphatic heterocycles. The van der Waals surface area contributed by atoms with Crippen molar-refractivity contribution >= 4 is 68.8 Å². The number of amides is 1. The van der Waals surface area contributed by atoms with Crippen LogP contribution in [-0.2, 0) is 29.0 Å². The van der Waals surface area contributed by atoms with Gasteiger partial charge in [-0.3, -0.25) is 9.69 Å². The zero-order valence-electron chi connectivity index (χ0n) is 45.0. The Morgan fingerprint density at radius 3 is 2.16 bits per heavy atom. The minimum absolute atomic E-state index is 0.0198. The van der Waals surface area contributed by atoms with E-state index in [1.54, 1.807) is 12.1 Å². The molecule has 418 valence electrons. The van der Waals surface area contributed by atoms with Gasteiger partial charge in [-0.2, -0.15) is 13.2 Å². The number of carbonyl (C=O) groups is 1. The average Bonchev–Trinajstić information content (AvgIpc) is 3.40. The summed E-state index contributed by atoms with van der Waals surface area (Å²) < 4.78 is 113. The van der Waals surface area contributed by atoms with E-state index in [1.807, 2.05) is 65.4 Å². The zero-order chi connectivity index (χ0) is 55.8. The molecule has 2 heterocycles. The number of piperidine rings is 1. The number of sulfone groups is 1. The van der Waals surface area contributed by atoms with Crippen molar-refractivity contribution in [1.82, 2.24) is 14.5 Å². The number of hydrogen-bond donors (Lipinski definition) is 2. The first-order valence-corrected chi connectivity index (χ1v) is 33.5. The van der Waals surface area contributed by atoms with E-state index in [4.69, 9.17) is 20.8 Å². The molecule has 0 spiro atoms. The number of anilines is 2. The third kappa shape index (κ3) is 15.3. The molecule has 0 aliphatic carbocycles. The molecule has 2 saturated heterocycles. The Balaban J connectivity index is 1.07. The second-order valence-corrected chi connectivity index (χ2v) is 31.2. The molecule has 2 fully saturated rings. The van der Waals surface area contributed by atoms with Gasteiger partial charge in [-0.15, -0.1) is 11.8 Å². The summed E-state index contributed by atoms with van der Waals surface area (Å²) in [5, 5.41) is 3.70. The summed E-state index contributed by atoms with van der Waals surface area (Å²) in [6, 6.07) is 34.1. The Morgan fingerprint density at radius 2 is 1.52 bits per heavy atom. The lowest BCUT2D eigenvalue weighted by molar-refractivity contribution is -0.0435. The van der Waals surface area contributed by atoms with Crippen molar-refractivity contribution in [3.05, 3.63) is 137 Å². The van der Waals surface area contributed by atoms with Gasteiger partial charge in [-0.25, -0.2) is 21.6 Å². The maximum atomic E-state index is 14.5. The number of alkyl halides is 3. The predicted octanol–water partition coefficient (Wildman–Crippen LogP) is 12.4. The second kappa shape index (κ2) is 25.8. The van der Waals surface area contributed by atoms with E-state index in [0.717, 1.165) is 71.9 Å². The first-order valence-electron chi connectivity index (χ1n) is 26.3. The van der Waals surface area contributed by atoms with Crippen molar-refractivity contribution in [3.63, 3.8) is 0 Å². The van der Waals surface area contributed by atoms with Crippen LogP contribution in [0.4, 0.5) is 24.5 Å². The Labute approximate surface area is 464 Å². The number of halogens is 4. The monoisotopic (exact) mass is 1160 g/mol. The number of nitrogens with zero attached hydrogens (tertiary/aromatic N) is 3. The van der Waals surface area contributed by atoms with Gasteiger partial charge in [0.15, 0.2) is 8.32 Å². The van der Waals surface area contributed by atoms with Gasteiger partial charge in [0.25, 0.3) is 25.8 Å². The number of sulfonamides is 1. The van der Waals surface area contributed by atoms with Crippen molar-refractivity contribution in [3.8, 4) is 11.1 Å². The standard InChI is InChI=1S/C57H73ClF3N5O7S3Si/c1-8-64(9-2)38-47-39-72-36-35-66(47)34-31-45(40-74-48-15-11-10-12-16-48)62-52-28-27-49(37-53(52)75(68,69)57(59,60)61)76(70,71)63-55(67)43-21-25-46(26-22-43)65-32-29-42(30-33-65)54(73-77(6,7)56(3,4)5)51-18-14-13-17-50(51)41-19-23-44(58)24-20-41/h10-28,37,42,45,47,54,62H,8-9,29-36,38-40H2,1-7H3,(H,63,67)/t45-,47-,54-/m1/s1. The van der Waals surface area contributed by atoms with Crippen LogP contribution in [-0.4, -0.2) is 123 Å². The van der Waals surface area contributed by atoms with Crippen molar-refractivity contribution in [2.45, 2.75) is 110 Å². The zero-order valence-corrected chi connectivity index (χ0v) is 49.2. The Bertz CT molecular complexity index is 2980. The molecule has 0 radical (unpaired) electrons. The molecule has 0 unspecified atom stereocenters. The molecule has 7 rings (SSSR count). The Morgan fingerprint density at radius 1 is 0.870 bits per heavy atom. The fourth-order valence-electron chi connectivity index (χ4n) is 9.59. The lowest BCUT2D eigenvalue weighted by Gasteiger charge is -2.44. The number of likely N-dealkylation sites (N-methyl/N-ethyl adjacent to an activating group) is 1. The largest absolute Gasteiger partial charge is 0.501 e. The van der Waals surface area contributed by atoms with Crippen LogP contribution in [0.15, 0.2) is 136 Å². The van der Waals surface area contributed by atoms with Crippen LogP contribution in [0, 0.1) is 5.92 Å². The Kier molecular flexibility index (Phi) is 20.2. The van der Waals surface area contributed by atoms with Gasteiger partial charge < -0.3 is 24.3 Å². The molecule has 3 atom stereocenters. The van der Waals surface area contributed by atoms with E-state index >= 15 is 0 Å². The van der Waals surface area contributed by atoms with Gasteiger partial charge in [-0.1, -0.05) is 101 Å². The summed E-state index contributed by atoms with van der Waals surface area (Å²) in [6.07, 6.45) is 1.88.